The van der Waals surface area contributed by atoms with Crippen LogP contribution in [-0.2, 0) is 4.79 Å². The smallest absolute Gasteiger partial charge is 0.217 e. The first-order valence-corrected chi connectivity index (χ1v) is 6.43. The summed E-state index contributed by atoms with van der Waals surface area (Å²) in [6.07, 6.45) is 5.42. The van der Waals surface area contributed by atoms with Crippen LogP contribution in [0.3, 0.4) is 0 Å². The standard InChI is InChI=1S/C15H17FN2O/c16-13-9-11(14(17)7-8-15(18)19)5-6-12(13)10-3-1-2-4-10/h3,5-6,9,17H,1-2,4,7-8H2,(H2,18,19). The zero-order chi connectivity index (χ0) is 13.8. The van der Waals surface area contributed by atoms with Gasteiger partial charge in [0.15, 0.2) is 0 Å². The van der Waals surface area contributed by atoms with E-state index in [0.717, 1.165) is 24.8 Å². The van der Waals surface area contributed by atoms with Crippen molar-refractivity contribution in [2.45, 2.75) is 32.1 Å². The molecule has 1 aromatic carbocycles. The van der Waals surface area contributed by atoms with E-state index in [2.05, 4.69) is 6.08 Å². The van der Waals surface area contributed by atoms with Crippen LogP contribution in [0.5, 0.6) is 0 Å². The Morgan fingerprint density at radius 3 is 2.74 bits per heavy atom. The molecule has 0 fully saturated rings. The highest BCUT2D eigenvalue weighted by Crippen LogP contribution is 2.29. The zero-order valence-corrected chi connectivity index (χ0v) is 10.7. The van der Waals surface area contributed by atoms with Gasteiger partial charge in [-0.05, 0) is 42.9 Å². The van der Waals surface area contributed by atoms with E-state index in [1.807, 2.05) is 0 Å². The van der Waals surface area contributed by atoms with Gasteiger partial charge in [-0.1, -0.05) is 18.2 Å². The Balaban J connectivity index is 2.14. The van der Waals surface area contributed by atoms with Crippen molar-refractivity contribution in [3.05, 3.63) is 41.2 Å². The largest absolute Gasteiger partial charge is 0.370 e. The lowest BCUT2D eigenvalue weighted by Crippen LogP contribution is -2.13. The summed E-state index contributed by atoms with van der Waals surface area (Å²) >= 11 is 0. The summed E-state index contributed by atoms with van der Waals surface area (Å²) in [6, 6.07) is 4.83. The van der Waals surface area contributed by atoms with Crippen molar-refractivity contribution >= 4 is 17.2 Å². The molecule has 100 valence electrons. The summed E-state index contributed by atoms with van der Waals surface area (Å²) < 4.78 is 14.0. The van der Waals surface area contributed by atoms with Crippen LogP contribution in [0, 0.1) is 11.2 Å². The van der Waals surface area contributed by atoms with Gasteiger partial charge in [0.25, 0.3) is 0 Å². The number of benzene rings is 1. The number of nitrogens with two attached hydrogens (primary N) is 1. The van der Waals surface area contributed by atoms with Crippen molar-refractivity contribution in [3.8, 4) is 0 Å². The molecule has 3 N–H and O–H groups in total. The number of amides is 1. The summed E-state index contributed by atoms with van der Waals surface area (Å²) in [7, 11) is 0. The number of carbonyl (C=O) groups is 1. The predicted molar refractivity (Wildman–Crippen MR) is 73.5 cm³/mol. The lowest BCUT2D eigenvalue weighted by Gasteiger charge is -2.08. The molecular formula is C15H17FN2O. The SMILES string of the molecule is N=C(CCC(N)=O)c1ccc(C2=CCCC2)c(F)c1. The molecule has 0 saturated heterocycles. The van der Waals surface area contributed by atoms with Gasteiger partial charge in [-0.15, -0.1) is 0 Å². The van der Waals surface area contributed by atoms with E-state index in [-0.39, 0.29) is 24.4 Å². The minimum absolute atomic E-state index is 0.118. The number of nitrogens with one attached hydrogen (secondary N) is 1. The molecule has 4 heteroatoms. The average Bonchev–Trinajstić information content (AvgIpc) is 2.89. The van der Waals surface area contributed by atoms with Crippen molar-refractivity contribution in [2.24, 2.45) is 5.73 Å². The lowest BCUT2D eigenvalue weighted by atomic mass is 9.99. The van der Waals surface area contributed by atoms with Gasteiger partial charge < -0.3 is 11.1 Å². The number of hydrogen-bond acceptors (Lipinski definition) is 2. The van der Waals surface area contributed by atoms with E-state index in [0.29, 0.717) is 11.1 Å². The maximum atomic E-state index is 14.0. The molecule has 1 aliphatic carbocycles. The van der Waals surface area contributed by atoms with E-state index in [1.165, 1.54) is 6.07 Å². The van der Waals surface area contributed by atoms with Crippen LogP contribution in [0.4, 0.5) is 4.39 Å². The molecule has 0 heterocycles. The lowest BCUT2D eigenvalue weighted by molar-refractivity contribution is -0.117. The number of carbonyl (C=O) groups excluding carboxylic acids is 1. The fourth-order valence-electron chi connectivity index (χ4n) is 2.27. The second-order valence-corrected chi connectivity index (χ2v) is 4.76. The quantitative estimate of drug-likeness (QED) is 0.785. The Bertz CT molecular complexity index is 549. The van der Waals surface area contributed by atoms with E-state index < -0.39 is 5.91 Å². The molecule has 0 bridgehead atoms. The molecule has 3 nitrogen and oxygen atoms in total. The molecule has 0 spiro atoms. The van der Waals surface area contributed by atoms with E-state index in [4.69, 9.17) is 11.1 Å². The highest BCUT2D eigenvalue weighted by atomic mass is 19.1. The average molecular weight is 260 g/mol. The minimum atomic E-state index is -0.446. The minimum Gasteiger partial charge on any atom is -0.370 e. The van der Waals surface area contributed by atoms with E-state index >= 15 is 0 Å². The van der Waals surface area contributed by atoms with Gasteiger partial charge in [0.1, 0.15) is 5.82 Å². The highest BCUT2D eigenvalue weighted by molar-refractivity contribution is 6.00. The van der Waals surface area contributed by atoms with Crippen LogP contribution in [0.2, 0.25) is 0 Å². The number of rotatable bonds is 5. The first kappa shape index (κ1) is 13.5. The molecule has 1 aliphatic rings. The van der Waals surface area contributed by atoms with Crippen LogP contribution in [0.25, 0.3) is 5.57 Å². The Labute approximate surface area is 111 Å². The molecule has 1 aromatic rings. The molecule has 0 unspecified atom stereocenters. The van der Waals surface area contributed by atoms with Crippen LogP contribution in [0.1, 0.15) is 43.2 Å². The summed E-state index contributed by atoms with van der Waals surface area (Å²) in [5, 5.41) is 7.81. The molecule has 0 atom stereocenters. The third kappa shape index (κ3) is 3.28. The normalized spacial score (nSPS) is 14.3. The summed E-state index contributed by atoms with van der Waals surface area (Å²) in [5.41, 5.74) is 7.47. The van der Waals surface area contributed by atoms with Crippen LogP contribution < -0.4 is 5.73 Å². The van der Waals surface area contributed by atoms with Gasteiger partial charge in [0.05, 0.1) is 0 Å². The van der Waals surface area contributed by atoms with Crippen molar-refractivity contribution in [2.75, 3.05) is 0 Å². The molecule has 0 aromatic heterocycles. The maximum Gasteiger partial charge on any atom is 0.217 e. The van der Waals surface area contributed by atoms with Gasteiger partial charge in [0, 0.05) is 17.7 Å². The first-order chi connectivity index (χ1) is 9.08. The molecule has 1 amide bonds. The Hall–Kier alpha value is -1.97. The molecule has 0 saturated carbocycles. The van der Waals surface area contributed by atoms with Crippen molar-refractivity contribution in [1.29, 1.82) is 5.41 Å². The zero-order valence-electron chi connectivity index (χ0n) is 10.7. The second kappa shape index (κ2) is 5.78. The van der Waals surface area contributed by atoms with E-state index in [9.17, 15) is 9.18 Å². The van der Waals surface area contributed by atoms with Crippen LogP contribution in [-0.4, -0.2) is 11.6 Å². The fraction of sp³-hybridized carbons (Fsp3) is 0.333. The molecular weight excluding hydrogens is 243 g/mol. The number of halogens is 1. The van der Waals surface area contributed by atoms with Gasteiger partial charge in [-0.2, -0.15) is 0 Å². The topological polar surface area (TPSA) is 66.9 Å². The van der Waals surface area contributed by atoms with Gasteiger partial charge in [0.2, 0.25) is 5.91 Å². The summed E-state index contributed by atoms with van der Waals surface area (Å²) in [5.74, 6) is -0.743. The van der Waals surface area contributed by atoms with Crippen LogP contribution in [0.15, 0.2) is 24.3 Å². The number of hydrogen-bond donors (Lipinski definition) is 2. The molecule has 19 heavy (non-hydrogen) atoms. The van der Waals surface area contributed by atoms with Crippen LogP contribution >= 0.6 is 0 Å². The van der Waals surface area contributed by atoms with Gasteiger partial charge in [-0.25, -0.2) is 4.39 Å². The highest BCUT2D eigenvalue weighted by Gasteiger charge is 2.13. The Morgan fingerprint density at radius 1 is 1.37 bits per heavy atom. The van der Waals surface area contributed by atoms with Gasteiger partial charge in [-0.3, -0.25) is 4.79 Å². The van der Waals surface area contributed by atoms with Gasteiger partial charge >= 0.3 is 0 Å². The third-order valence-electron chi connectivity index (χ3n) is 3.33. The molecule has 2 rings (SSSR count). The number of allylic oxidation sites excluding steroid dienone is 2. The molecule has 0 aliphatic heterocycles. The van der Waals surface area contributed by atoms with Crippen molar-refractivity contribution in [3.63, 3.8) is 0 Å². The Morgan fingerprint density at radius 2 is 2.16 bits per heavy atom. The maximum absolute atomic E-state index is 14.0. The third-order valence-corrected chi connectivity index (χ3v) is 3.33. The fourth-order valence-corrected chi connectivity index (χ4v) is 2.27. The summed E-state index contributed by atoms with van der Waals surface area (Å²) in [6.45, 7) is 0. The summed E-state index contributed by atoms with van der Waals surface area (Å²) in [4.78, 5) is 10.7. The van der Waals surface area contributed by atoms with Crippen molar-refractivity contribution < 1.29 is 9.18 Å². The number of primary amides is 1. The molecule has 0 radical (unpaired) electrons. The predicted octanol–water partition coefficient (Wildman–Crippen LogP) is 3.03. The Kier molecular flexibility index (Phi) is 4.10. The first-order valence-electron chi connectivity index (χ1n) is 6.43. The second-order valence-electron chi connectivity index (χ2n) is 4.76. The van der Waals surface area contributed by atoms with E-state index in [1.54, 1.807) is 12.1 Å². The van der Waals surface area contributed by atoms with Crippen molar-refractivity contribution in [1.82, 2.24) is 0 Å². The monoisotopic (exact) mass is 260 g/mol.